The summed E-state index contributed by atoms with van der Waals surface area (Å²) in [4.78, 5) is 34.8. The number of benzene rings is 1. The molecule has 0 aromatic heterocycles. The van der Waals surface area contributed by atoms with E-state index >= 15 is 0 Å². The van der Waals surface area contributed by atoms with Crippen LogP contribution in [0.1, 0.15) is 22.3 Å². The highest BCUT2D eigenvalue weighted by molar-refractivity contribution is 6.34. The first-order valence-corrected chi connectivity index (χ1v) is 5.74. The van der Waals surface area contributed by atoms with Crippen molar-refractivity contribution in [2.75, 3.05) is 0 Å². The van der Waals surface area contributed by atoms with Crippen LogP contribution in [0.15, 0.2) is 17.1 Å². The van der Waals surface area contributed by atoms with Gasteiger partial charge in [0.2, 0.25) is 11.9 Å². The molecule has 0 unspecified atom stereocenters. The van der Waals surface area contributed by atoms with Crippen LogP contribution in [0.25, 0.3) is 0 Å². The molecule has 4 nitrogen and oxygen atoms in total. The zero-order valence-corrected chi connectivity index (χ0v) is 10.9. The number of aryl methyl sites for hydroxylation is 1. The van der Waals surface area contributed by atoms with Crippen molar-refractivity contribution in [1.82, 2.24) is 0 Å². The minimum atomic E-state index is -5.01. The number of hydrogen-bond donors (Lipinski definition) is 0. The highest BCUT2D eigenvalue weighted by Crippen LogP contribution is 2.24. The highest BCUT2D eigenvalue weighted by Gasteiger charge is 2.37. The molecule has 1 amide bonds. The Labute approximate surface area is 120 Å². The van der Waals surface area contributed by atoms with Crippen LogP contribution < -0.4 is 0 Å². The lowest BCUT2D eigenvalue weighted by atomic mass is 10.0. The summed E-state index contributed by atoms with van der Waals surface area (Å²) in [5.74, 6) is -4.10. The maximum absolute atomic E-state index is 13.5. The van der Waals surface area contributed by atoms with Gasteiger partial charge in [0, 0.05) is 6.42 Å². The molecule has 21 heavy (non-hydrogen) atoms. The number of carbonyl (C=O) groups is 2. The van der Waals surface area contributed by atoms with Crippen LogP contribution in [0.5, 0.6) is 0 Å². The third kappa shape index (κ3) is 4.47. The highest BCUT2D eigenvalue weighted by atomic mass is 35.5. The molecule has 0 N–H and O–H groups in total. The van der Waals surface area contributed by atoms with Gasteiger partial charge in [-0.05, 0) is 24.1 Å². The number of ketones is 1. The molecule has 9 heteroatoms. The Morgan fingerprint density at radius 1 is 1.29 bits per heavy atom. The van der Waals surface area contributed by atoms with Gasteiger partial charge in [0.1, 0.15) is 5.82 Å². The fraction of sp³-hybridized carbons (Fsp3) is 0.250. The van der Waals surface area contributed by atoms with Crippen molar-refractivity contribution in [3.63, 3.8) is 0 Å². The van der Waals surface area contributed by atoms with Crippen LogP contribution in [0.4, 0.5) is 17.6 Å². The zero-order chi connectivity index (χ0) is 16.2. The maximum atomic E-state index is 13.5. The number of Topliss-reactive ketones (excluding diaryl/α,β-unsaturated/α-hetero) is 1. The molecule has 1 aromatic rings. The zero-order valence-electron chi connectivity index (χ0n) is 10.1. The second-order valence-corrected chi connectivity index (χ2v) is 4.26. The summed E-state index contributed by atoms with van der Waals surface area (Å²) >= 11 is 5.57. The summed E-state index contributed by atoms with van der Waals surface area (Å²) in [7, 11) is 0. The van der Waals surface area contributed by atoms with Gasteiger partial charge in [-0.25, -0.2) is 9.18 Å². The SMILES string of the molecule is O=C=NC(=O)c1cc(CCC(=O)C(F)(F)F)c(F)cc1Cl. The van der Waals surface area contributed by atoms with Crippen LogP contribution in [0.3, 0.4) is 0 Å². The molecule has 112 valence electrons. The van der Waals surface area contributed by atoms with Gasteiger partial charge in [-0.3, -0.25) is 9.59 Å². The van der Waals surface area contributed by atoms with E-state index in [4.69, 9.17) is 11.6 Å². The number of isocyanates is 1. The number of halogens is 5. The Morgan fingerprint density at radius 2 is 1.90 bits per heavy atom. The minimum absolute atomic E-state index is 0.318. The van der Waals surface area contributed by atoms with Crippen LogP contribution in [0.2, 0.25) is 5.02 Å². The van der Waals surface area contributed by atoms with E-state index < -0.39 is 36.5 Å². The van der Waals surface area contributed by atoms with Gasteiger partial charge >= 0.3 is 6.18 Å². The number of amides is 1. The molecule has 0 fully saturated rings. The summed E-state index contributed by atoms with van der Waals surface area (Å²) in [6.45, 7) is 0. The Bertz CT molecular complexity index is 636. The predicted molar refractivity (Wildman–Crippen MR) is 63.2 cm³/mol. The standard InChI is InChI=1S/C12H6ClF4NO3/c13-8-4-9(14)6(1-2-10(20)12(15,16)17)3-7(8)11(21)18-5-19/h3-4H,1-2H2. The third-order valence-corrected chi connectivity index (χ3v) is 2.76. The monoisotopic (exact) mass is 323 g/mol. The summed E-state index contributed by atoms with van der Waals surface area (Å²) in [6.07, 6.45) is -5.60. The fourth-order valence-corrected chi connectivity index (χ4v) is 1.67. The summed E-state index contributed by atoms with van der Waals surface area (Å²) in [5, 5.41) is -0.359. The lowest BCUT2D eigenvalue weighted by Gasteiger charge is -2.08. The number of carbonyl (C=O) groups excluding carboxylic acids is 3. The molecule has 0 heterocycles. The molecular formula is C12H6ClF4NO3. The van der Waals surface area contributed by atoms with E-state index in [1.165, 1.54) is 0 Å². The summed E-state index contributed by atoms with van der Waals surface area (Å²) < 4.78 is 49.7. The lowest BCUT2D eigenvalue weighted by Crippen LogP contribution is -2.23. The van der Waals surface area contributed by atoms with Crippen molar-refractivity contribution in [3.05, 3.63) is 34.1 Å². The first kappa shape index (κ1) is 17.0. The number of alkyl halides is 3. The van der Waals surface area contributed by atoms with Gasteiger partial charge in [-0.15, -0.1) is 4.99 Å². The molecule has 0 atom stereocenters. The lowest BCUT2D eigenvalue weighted by molar-refractivity contribution is -0.171. The van der Waals surface area contributed by atoms with Gasteiger partial charge in [0.05, 0.1) is 10.6 Å². The number of nitrogens with zero attached hydrogens (tertiary/aromatic N) is 1. The van der Waals surface area contributed by atoms with E-state index in [1.807, 2.05) is 0 Å². The minimum Gasteiger partial charge on any atom is -0.290 e. The average Bonchev–Trinajstić information content (AvgIpc) is 2.36. The Balaban J connectivity index is 3.03. The van der Waals surface area contributed by atoms with Crippen LogP contribution in [-0.4, -0.2) is 23.9 Å². The van der Waals surface area contributed by atoms with Crippen molar-refractivity contribution >= 4 is 29.4 Å². The van der Waals surface area contributed by atoms with E-state index in [0.717, 1.165) is 12.1 Å². The molecule has 0 saturated carbocycles. The Hall–Kier alpha value is -2.05. The van der Waals surface area contributed by atoms with Gasteiger partial charge in [0.25, 0.3) is 5.91 Å². The molecule has 1 aromatic carbocycles. The molecule has 0 saturated heterocycles. The summed E-state index contributed by atoms with van der Waals surface area (Å²) in [5.41, 5.74) is -0.683. The second kappa shape index (κ2) is 6.60. The van der Waals surface area contributed by atoms with E-state index in [9.17, 15) is 31.9 Å². The molecule has 0 spiro atoms. The van der Waals surface area contributed by atoms with Gasteiger partial charge in [-0.2, -0.15) is 13.2 Å². The number of aliphatic imine (C=N–C) groups is 1. The van der Waals surface area contributed by atoms with Gasteiger partial charge < -0.3 is 0 Å². The van der Waals surface area contributed by atoms with Gasteiger partial charge in [-0.1, -0.05) is 11.6 Å². The van der Waals surface area contributed by atoms with Crippen molar-refractivity contribution in [2.24, 2.45) is 4.99 Å². The molecule has 0 aliphatic heterocycles. The maximum Gasteiger partial charge on any atom is 0.449 e. The number of hydrogen-bond acceptors (Lipinski definition) is 3. The van der Waals surface area contributed by atoms with Crippen LogP contribution in [-0.2, 0) is 16.0 Å². The van der Waals surface area contributed by atoms with E-state index in [2.05, 4.69) is 4.99 Å². The molecule has 0 aliphatic rings. The van der Waals surface area contributed by atoms with Crippen molar-refractivity contribution in [1.29, 1.82) is 0 Å². The Morgan fingerprint density at radius 3 is 2.43 bits per heavy atom. The van der Waals surface area contributed by atoms with Crippen molar-refractivity contribution in [2.45, 2.75) is 19.0 Å². The average molecular weight is 324 g/mol. The first-order chi connectivity index (χ1) is 9.66. The first-order valence-electron chi connectivity index (χ1n) is 5.37. The topological polar surface area (TPSA) is 63.6 Å². The van der Waals surface area contributed by atoms with Crippen LogP contribution >= 0.6 is 11.6 Å². The normalized spacial score (nSPS) is 10.9. The Kier molecular flexibility index (Phi) is 5.34. The van der Waals surface area contributed by atoms with Crippen LogP contribution in [0, 0.1) is 5.82 Å². The fourth-order valence-electron chi connectivity index (χ4n) is 1.44. The molecule has 0 radical (unpaired) electrons. The van der Waals surface area contributed by atoms with E-state index in [-0.39, 0.29) is 16.1 Å². The van der Waals surface area contributed by atoms with Gasteiger partial charge in [0.15, 0.2) is 0 Å². The molecular weight excluding hydrogens is 318 g/mol. The van der Waals surface area contributed by atoms with Crippen molar-refractivity contribution < 1.29 is 31.9 Å². The smallest absolute Gasteiger partial charge is 0.290 e. The molecule has 1 rings (SSSR count). The summed E-state index contributed by atoms with van der Waals surface area (Å²) in [6, 6.07) is 1.55. The molecule has 0 aliphatic carbocycles. The van der Waals surface area contributed by atoms with E-state index in [1.54, 1.807) is 0 Å². The van der Waals surface area contributed by atoms with Crippen molar-refractivity contribution in [3.8, 4) is 0 Å². The molecule has 0 bridgehead atoms. The number of rotatable bonds is 4. The third-order valence-electron chi connectivity index (χ3n) is 2.45. The predicted octanol–water partition coefficient (Wildman–Crippen LogP) is 3.02. The van der Waals surface area contributed by atoms with E-state index in [0.29, 0.717) is 6.07 Å². The quantitative estimate of drug-likeness (QED) is 0.486. The second-order valence-electron chi connectivity index (χ2n) is 3.85. The largest absolute Gasteiger partial charge is 0.449 e.